The van der Waals surface area contributed by atoms with E-state index in [4.69, 9.17) is 19.4 Å². The highest BCUT2D eigenvalue weighted by Crippen LogP contribution is 2.46. The maximum Gasteiger partial charge on any atom is 0.165 e. The first kappa shape index (κ1) is 31.9. The third-order valence-corrected chi connectivity index (χ3v) is 12.3. The van der Waals surface area contributed by atoms with Crippen LogP contribution in [-0.2, 0) is 0 Å². The van der Waals surface area contributed by atoms with Crippen molar-refractivity contribution in [3.8, 4) is 51.0 Å². The lowest BCUT2D eigenvalue weighted by atomic mass is 10.0. The lowest BCUT2D eigenvalue weighted by molar-refractivity contribution is 0.673. The van der Waals surface area contributed by atoms with Gasteiger partial charge < -0.3 is 8.98 Å². The summed E-state index contributed by atoms with van der Waals surface area (Å²) in [5.74, 6) is 1.86. The summed E-state index contributed by atoms with van der Waals surface area (Å²) in [6.07, 6.45) is 0. The van der Waals surface area contributed by atoms with E-state index in [1.54, 1.807) is 11.3 Å². The van der Waals surface area contributed by atoms with Gasteiger partial charge in [-0.1, -0.05) is 140 Å². The van der Waals surface area contributed by atoms with Crippen molar-refractivity contribution in [2.75, 3.05) is 0 Å². The quantitative estimate of drug-likeness (QED) is 0.176. The molecule has 0 saturated heterocycles. The van der Waals surface area contributed by atoms with Crippen molar-refractivity contribution in [1.82, 2.24) is 19.5 Å². The summed E-state index contributed by atoms with van der Waals surface area (Å²) in [5, 5.41) is 6.83. The highest BCUT2D eigenvalue weighted by atomic mass is 32.1. The number of furan rings is 1. The van der Waals surface area contributed by atoms with Crippen LogP contribution in [0.25, 0.3) is 115 Å². The second kappa shape index (κ2) is 12.6. The van der Waals surface area contributed by atoms with E-state index in [2.05, 4.69) is 156 Å². The molecular weight excluding hydrogens is 717 g/mol. The Morgan fingerprint density at radius 3 is 1.67 bits per heavy atom. The molecular formula is C51H30N4OS. The Kier molecular flexibility index (Phi) is 7.03. The molecule has 12 aromatic rings. The van der Waals surface area contributed by atoms with Gasteiger partial charge in [0.1, 0.15) is 11.2 Å². The van der Waals surface area contributed by atoms with E-state index in [1.807, 2.05) is 30.3 Å². The zero-order chi connectivity index (χ0) is 37.5. The molecule has 0 aliphatic rings. The molecule has 0 atom stereocenters. The summed E-state index contributed by atoms with van der Waals surface area (Å²) in [6.45, 7) is 0. The number of benzene rings is 8. The van der Waals surface area contributed by atoms with Gasteiger partial charge in [-0.05, 0) is 53.6 Å². The van der Waals surface area contributed by atoms with Crippen molar-refractivity contribution in [2.24, 2.45) is 0 Å². The van der Waals surface area contributed by atoms with E-state index in [-0.39, 0.29) is 0 Å². The Bertz CT molecular complexity index is 3460. The minimum atomic E-state index is 0.617. The summed E-state index contributed by atoms with van der Waals surface area (Å²) in [4.78, 5) is 15.7. The van der Waals surface area contributed by atoms with Crippen LogP contribution in [0.5, 0.6) is 0 Å². The molecule has 4 heterocycles. The molecule has 4 aromatic heterocycles. The van der Waals surface area contributed by atoms with E-state index in [0.29, 0.717) is 17.5 Å². The van der Waals surface area contributed by atoms with Crippen LogP contribution in [0.3, 0.4) is 0 Å². The molecule has 0 bridgehead atoms. The van der Waals surface area contributed by atoms with Crippen molar-refractivity contribution < 1.29 is 4.42 Å². The van der Waals surface area contributed by atoms with Crippen LogP contribution in [0, 0.1) is 0 Å². The van der Waals surface area contributed by atoms with Crippen LogP contribution in [0.15, 0.2) is 186 Å². The maximum atomic E-state index is 6.70. The second-order valence-corrected chi connectivity index (χ2v) is 15.4. The zero-order valence-corrected chi connectivity index (χ0v) is 31.2. The molecule has 0 N–H and O–H groups in total. The second-order valence-electron chi connectivity index (χ2n) is 14.4. The Morgan fingerprint density at radius 1 is 0.421 bits per heavy atom. The average molecular weight is 747 g/mol. The van der Waals surface area contributed by atoms with Crippen LogP contribution >= 0.6 is 11.3 Å². The fraction of sp³-hybridized carbons (Fsp3) is 0. The number of fused-ring (bicyclic) bond motifs is 10. The van der Waals surface area contributed by atoms with Crippen molar-refractivity contribution >= 4 is 75.3 Å². The summed E-state index contributed by atoms with van der Waals surface area (Å²) < 4.78 is 11.3. The normalized spacial score (nSPS) is 11.9. The zero-order valence-electron chi connectivity index (χ0n) is 30.4. The average Bonchev–Trinajstić information content (AvgIpc) is 3.96. The molecule has 0 unspecified atom stereocenters. The van der Waals surface area contributed by atoms with Crippen molar-refractivity contribution in [3.05, 3.63) is 182 Å². The molecule has 0 amide bonds. The molecule has 5 nitrogen and oxygen atoms in total. The summed E-state index contributed by atoms with van der Waals surface area (Å²) in [7, 11) is 0. The fourth-order valence-electron chi connectivity index (χ4n) is 8.41. The first-order valence-corrected chi connectivity index (χ1v) is 19.8. The number of aromatic nitrogens is 4. The van der Waals surface area contributed by atoms with Gasteiger partial charge in [0, 0.05) is 64.1 Å². The Hall–Kier alpha value is -7.41. The topological polar surface area (TPSA) is 56.7 Å². The van der Waals surface area contributed by atoms with E-state index >= 15 is 0 Å². The van der Waals surface area contributed by atoms with E-state index in [1.165, 1.54) is 10.8 Å². The van der Waals surface area contributed by atoms with Gasteiger partial charge in [-0.15, -0.1) is 11.3 Å². The van der Waals surface area contributed by atoms with Gasteiger partial charge in [-0.3, -0.25) is 0 Å². The predicted molar refractivity (Wildman–Crippen MR) is 236 cm³/mol. The molecule has 0 spiro atoms. The van der Waals surface area contributed by atoms with Gasteiger partial charge in [0.2, 0.25) is 0 Å². The minimum absolute atomic E-state index is 0.617. The summed E-state index contributed by atoms with van der Waals surface area (Å²) in [6, 6.07) is 63.7. The number of para-hydroxylation sites is 3. The fourth-order valence-corrected chi connectivity index (χ4v) is 9.60. The number of nitrogens with zero attached hydrogens (tertiary/aromatic N) is 4. The minimum Gasteiger partial charge on any atom is -0.455 e. The van der Waals surface area contributed by atoms with Gasteiger partial charge in [0.25, 0.3) is 0 Å². The molecule has 57 heavy (non-hydrogen) atoms. The Balaban J connectivity index is 1.17. The molecule has 0 fully saturated rings. The molecule has 12 rings (SSSR count). The van der Waals surface area contributed by atoms with Gasteiger partial charge in [-0.2, -0.15) is 0 Å². The third kappa shape index (κ3) is 5.04. The SMILES string of the molecule is c1ccc(-c2ccc(-c3nc(-c4ccccc4)nc(-c4cc(-n5c6ccccc6c6ccccc65)cc5c4sc4ccc6c7ccccc7oc6c45)n3)cc2)cc1. The Morgan fingerprint density at radius 2 is 0.965 bits per heavy atom. The van der Waals surface area contributed by atoms with Gasteiger partial charge in [0.15, 0.2) is 17.5 Å². The molecule has 0 aliphatic carbocycles. The van der Waals surface area contributed by atoms with Crippen molar-refractivity contribution in [1.29, 1.82) is 0 Å². The molecule has 8 aromatic carbocycles. The van der Waals surface area contributed by atoms with Gasteiger partial charge in [-0.25, -0.2) is 15.0 Å². The van der Waals surface area contributed by atoms with Crippen LogP contribution < -0.4 is 0 Å². The standard InChI is InChI=1S/C51H30N4OS/c1-3-13-31(14-4-1)32-23-25-34(26-24-32)50-52-49(33-15-5-2-6-16-33)53-51(54-50)41-30-35(55-42-20-10-7-17-36(42)37-18-8-11-21-43(37)55)29-40-46-45(57-48(40)41)28-27-39-38-19-9-12-22-44(38)56-47(39)46/h1-30H. The van der Waals surface area contributed by atoms with Crippen LogP contribution in [0.4, 0.5) is 0 Å². The van der Waals surface area contributed by atoms with Crippen molar-refractivity contribution in [3.63, 3.8) is 0 Å². The van der Waals surface area contributed by atoms with Crippen molar-refractivity contribution in [2.45, 2.75) is 0 Å². The molecule has 6 heteroatoms. The third-order valence-electron chi connectivity index (χ3n) is 11.1. The number of hydrogen-bond acceptors (Lipinski definition) is 5. The first-order chi connectivity index (χ1) is 28.2. The van der Waals surface area contributed by atoms with Crippen LogP contribution in [0.2, 0.25) is 0 Å². The molecule has 266 valence electrons. The lowest BCUT2D eigenvalue weighted by Crippen LogP contribution is -2.01. The van der Waals surface area contributed by atoms with E-state index < -0.39 is 0 Å². The molecule has 0 aliphatic heterocycles. The van der Waals surface area contributed by atoms with Crippen LogP contribution in [-0.4, -0.2) is 19.5 Å². The summed E-state index contributed by atoms with van der Waals surface area (Å²) in [5.41, 5.74) is 10.2. The number of hydrogen-bond donors (Lipinski definition) is 0. The van der Waals surface area contributed by atoms with Crippen LogP contribution in [0.1, 0.15) is 0 Å². The number of rotatable bonds is 5. The smallest absolute Gasteiger partial charge is 0.165 e. The maximum absolute atomic E-state index is 6.70. The molecule has 0 radical (unpaired) electrons. The van der Waals surface area contributed by atoms with E-state index in [9.17, 15) is 0 Å². The first-order valence-electron chi connectivity index (χ1n) is 19.0. The monoisotopic (exact) mass is 746 g/mol. The predicted octanol–water partition coefficient (Wildman–Crippen LogP) is 13.9. The largest absolute Gasteiger partial charge is 0.455 e. The van der Waals surface area contributed by atoms with E-state index in [0.717, 1.165) is 86.6 Å². The number of thiophene rings is 1. The van der Waals surface area contributed by atoms with Gasteiger partial charge >= 0.3 is 0 Å². The molecule has 0 saturated carbocycles. The lowest BCUT2D eigenvalue weighted by Gasteiger charge is -2.13. The Labute approximate surface area is 330 Å². The highest BCUT2D eigenvalue weighted by Gasteiger charge is 2.23. The summed E-state index contributed by atoms with van der Waals surface area (Å²) >= 11 is 1.75. The van der Waals surface area contributed by atoms with Gasteiger partial charge in [0.05, 0.1) is 11.0 Å². The highest BCUT2D eigenvalue weighted by molar-refractivity contribution is 7.26.